The number of anilines is 1. The van der Waals surface area contributed by atoms with Crippen LogP contribution in [0.5, 0.6) is 0 Å². The fraction of sp³-hybridized carbons (Fsp3) is 0.0455. The number of nitrogens with one attached hydrogen (secondary N) is 1. The number of nitrogens with zero attached hydrogens (tertiary/aromatic N) is 2. The summed E-state index contributed by atoms with van der Waals surface area (Å²) < 4.78 is 2.14. The van der Waals surface area contributed by atoms with Crippen LogP contribution in [-0.4, -0.2) is 10.3 Å². The molecule has 1 N–H and O–H groups in total. The average Bonchev–Trinajstić information content (AvgIpc) is 3.01. The van der Waals surface area contributed by atoms with Crippen LogP contribution < -0.4 is 5.43 Å². The number of benzene rings is 3. The van der Waals surface area contributed by atoms with Crippen LogP contribution in [-0.2, 0) is 7.05 Å². The zero-order chi connectivity index (χ0) is 17.1. The molecule has 0 aliphatic rings. The Bertz CT molecular complexity index is 1020. The Hall–Kier alpha value is -3.33. The summed E-state index contributed by atoms with van der Waals surface area (Å²) in [6.07, 6.45) is 2.14. The molecule has 0 spiro atoms. The third-order valence-electron chi connectivity index (χ3n) is 4.27. The van der Waals surface area contributed by atoms with Crippen LogP contribution in [0.2, 0.25) is 0 Å². The third kappa shape index (κ3) is 3.04. The molecule has 3 heteroatoms. The van der Waals surface area contributed by atoms with Crippen molar-refractivity contribution in [2.75, 3.05) is 5.43 Å². The van der Waals surface area contributed by atoms with Gasteiger partial charge in [-0.3, -0.25) is 5.43 Å². The van der Waals surface area contributed by atoms with Crippen molar-refractivity contribution in [1.82, 2.24) is 4.57 Å². The summed E-state index contributed by atoms with van der Waals surface area (Å²) in [7, 11) is 2.07. The van der Waals surface area contributed by atoms with E-state index in [0.29, 0.717) is 0 Å². The first-order valence-electron chi connectivity index (χ1n) is 8.31. The number of fused-ring (bicyclic) bond motifs is 1. The molecule has 0 aliphatic heterocycles. The van der Waals surface area contributed by atoms with Gasteiger partial charge >= 0.3 is 0 Å². The van der Waals surface area contributed by atoms with Crippen LogP contribution in [0.4, 0.5) is 5.69 Å². The third-order valence-corrected chi connectivity index (χ3v) is 4.27. The first-order valence-corrected chi connectivity index (χ1v) is 8.31. The first kappa shape index (κ1) is 15.2. The van der Waals surface area contributed by atoms with Gasteiger partial charge in [-0.2, -0.15) is 5.10 Å². The smallest absolute Gasteiger partial charge is 0.0999 e. The molecule has 1 heterocycles. The molecule has 0 unspecified atom stereocenters. The molecule has 4 aromatic rings. The van der Waals surface area contributed by atoms with E-state index in [9.17, 15) is 0 Å². The van der Waals surface area contributed by atoms with Gasteiger partial charge in [0.05, 0.1) is 11.4 Å². The maximum Gasteiger partial charge on any atom is 0.0999 e. The van der Waals surface area contributed by atoms with Crippen molar-refractivity contribution >= 4 is 22.3 Å². The minimum Gasteiger partial charge on any atom is -0.350 e. The van der Waals surface area contributed by atoms with Crippen LogP contribution in [0.15, 0.2) is 96.2 Å². The number of rotatable bonds is 4. The molecule has 0 atom stereocenters. The molecule has 3 aromatic carbocycles. The maximum atomic E-state index is 4.75. The summed E-state index contributed by atoms with van der Waals surface area (Å²) in [6, 6.07) is 28.7. The highest BCUT2D eigenvalue weighted by Gasteiger charge is 2.14. The van der Waals surface area contributed by atoms with E-state index in [4.69, 9.17) is 5.10 Å². The topological polar surface area (TPSA) is 29.3 Å². The highest BCUT2D eigenvalue weighted by molar-refractivity contribution is 6.19. The van der Waals surface area contributed by atoms with E-state index in [2.05, 4.69) is 59.6 Å². The lowest BCUT2D eigenvalue weighted by Crippen LogP contribution is -2.06. The van der Waals surface area contributed by atoms with E-state index in [1.807, 2.05) is 48.5 Å². The van der Waals surface area contributed by atoms with Gasteiger partial charge in [-0.1, -0.05) is 66.7 Å². The number of hydrogen-bond acceptors (Lipinski definition) is 2. The Balaban J connectivity index is 1.85. The van der Waals surface area contributed by atoms with Gasteiger partial charge in [-0.05, 0) is 18.2 Å². The van der Waals surface area contributed by atoms with Gasteiger partial charge in [0.15, 0.2) is 0 Å². The van der Waals surface area contributed by atoms with Crippen molar-refractivity contribution in [3.8, 4) is 0 Å². The van der Waals surface area contributed by atoms with E-state index in [0.717, 1.165) is 22.5 Å². The minimum atomic E-state index is 0.932. The van der Waals surface area contributed by atoms with Gasteiger partial charge in [0, 0.05) is 35.3 Å². The fourth-order valence-corrected chi connectivity index (χ4v) is 3.04. The molecule has 0 radical (unpaired) electrons. The predicted octanol–water partition coefficient (Wildman–Crippen LogP) is 5.04. The second-order valence-corrected chi connectivity index (χ2v) is 5.98. The second kappa shape index (κ2) is 6.65. The Labute approximate surface area is 147 Å². The molecular weight excluding hydrogens is 306 g/mol. The Morgan fingerprint density at radius 1 is 0.800 bits per heavy atom. The number of para-hydroxylation sites is 2. The van der Waals surface area contributed by atoms with Crippen LogP contribution in [0.3, 0.4) is 0 Å². The largest absolute Gasteiger partial charge is 0.350 e. The molecule has 3 nitrogen and oxygen atoms in total. The second-order valence-electron chi connectivity index (χ2n) is 5.98. The Kier molecular flexibility index (Phi) is 4.05. The van der Waals surface area contributed by atoms with Crippen molar-refractivity contribution in [3.63, 3.8) is 0 Å². The van der Waals surface area contributed by atoms with Crippen molar-refractivity contribution in [3.05, 3.63) is 102 Å². The quantitative estimate of drug-likeness (QED) is 0.413. The molecular formula is C22H19N3. The molecule has 4 rings (SSSR count). The number of hydrazone groups is 1. The first-order chi connectivity index (χ1) is 12.3. The van der Waals surface area contributed by atoms with Gasteiger partial charge in [0.1, 0.15) is 0 Å². The summed E-state index contributed by atoms with van der Waals surface area (Å²) in [5, 5.41) is 5.95. The van der Waals surface area contributed by atoms with E-state index in [1.165, 1.54) is 10.9 Å². The fourth-order valence-electron chi connectivity index (χ4n) is 3.04. The van der Waals surface area contributed by atoms with Crippen LogP contribution in [0.1, 0.15) is 11.1 Å². The molecule has 0 bridgehead atoms. The predicted molar refractivity (Wildman–Crippen MR) is 105 cm³/mol. The Morgan fingerprint density at radius 2 is 1.44 bits per heavy atom. The van der Waals surface area contributed by atoms with Crippen molar-refractivity contribution in [1.29, 1.82) is 0 Å². The molecule has 1 aromatic heterocycles. The Morgan fingerprint density at radius 3 is 2.20 bits per heavy atom. The zero-order valence-electron chi connectivity index (χ0n) is 14.1. The highest BCUT2D eigenvalue weighted by Crippen LogP contribution is 2.24. The molecule has 0 amide bonds. The number of aryl methyl sites for hydroxylation is 1. The van der Waals surface area contributed by atoms with Crippen molar-refractivity contribution in [2.24, 2.45) is 12.1 Å². The van der Waals surface area contributed by atoms with E-state index < -0.39 is 0 Å². The summed E-state index contributed by atoms with van der Waals surface area (Å²) in [5.41, 5.74) is 8.49. The van der Waals surface area contributed by atoms with Gasteiger partial charge in [-0.15, -0.1) is 0 Å². The average molecular weight is 325 g/mol. The summed E-state index contributed by atoms with van der Waals surface area (Å²) in [5.74, 6) is 0. The normalized spacial score (nSPS) is 11.6. The molecule has 25 heavy (non-hydrogen) atoms. The van der Waals surface area contributed by atoms with Crippen molar-refractivity contribution < 1.29 is 0 Å². The van der Waals surface area contributed by atoms with E-state index in [1.54, 1.807) is 0 Å². The molecule has 122 valence electrons. The summed E-state index contributed by atoms with van der Waals surface area (Å²) in [6.45, 7) is 0. The van der Waals surface area contributed by atoms with E-state index >= 15 is 0 Å². The van der Waals surface area contributed by atoms with Crippen LogP contribution in [0, 0.1) is 0 Å². The lowest BCUT2D eigenvalue weighted by molar-refractivity contribution is 0.968. The summed E-state index contributed by atoms with van der Waals surface area (Å²) >= 11 is 0. The standard InChI is InChI=1S/C22H19N3/c1-25-16-20(19-14-8-9-15-21(19)25)22(17-10-4-2-5-11-17)24-23-18-12-6-3-7-13-18/h2-16,23H,1H3/b24-22-. The van der Waals surface area contributed by atoms with Gasteiger partial charge in [0.25, 0.3) is 0 Å². The lowest BCUT2D eigenvalue weighted by Gasteiger charge is -2.08. The van der Waals surface area contributed by atoms with Gasteiger partial charge in [0.2, 0.25) is 0 Å². The van der Waals surface area contributed by atoms with Crippen LogP contribution in [0.25, 0.3) is 10.9 Å². The molecule has 0 fully saturated rings. The summed E-state index contributed by atoms with van der Waals surface area (Å²) in [4.78, 5) is 0. The molecule has 0 saturated heterocycles. The lowest BCUT2D eigenvalue weighted by atomic mass is 10.0. The highest BCUT2D eigenvalue weighted by atomic mass is 15.3. The van der Waals surface area contributed by atoms with Crippen molar-refractivity contribution in [2.45, 2.75) is 0 Å². The number of aromatic nitrogens is 1. The minimum absolute atomic E-state index is 0.932. The van der Waals surface area contributed by atoms with Gasteiger partial charge in [-0.25, -0.2) is 0 Å². The SMILES string of the molecule is Cn1cc(/C(=N\Nc2ccccc2)c2ccccc2)c2ccccc21. The zero-order valence-corrected chi connectivity index (χ0v) is 14.1. The maximum absolute atomic E-state index is 4.75. The monoisotopic (exact) mass is 325 g/mol. The molecule has 0 aliphatic carbocycles. The molecule has 0 saturated carbocycles. The van der Waals surface area contributed by atoms with E-state index in [-0.39, 0.29) is 0 Å². The van der Waals surface area contributed by atoms with Gasteiger partial charge < -0.3 is 4.57 Å². The number of hydrogen-bond donors (Lipinski definition) is 1. The van der Waals surface area contributed by atoms with Crippen LogP contribution >= 0.6 is 0 Å².